The molecule has 0 aliphatic carbocycles. The largest absolute Gasteiger partial charge is 0.506 e. The standard InChI is InChI=1S/C24H32N2O4S/c1-16-6-9-22(17(2)14-16)31(29,30)26-12-10-18(11-13-26)23(28)25-20-15-19(24(3,4)5)7-8-21(20)27/h6-9,14-15,18,27H,10-13H2,1-5H3,(H,25,28). The number of hydrogen-bond acceptors (Lipinski definition) is 4. The smallest absolute Gasteiger partial charge is 0.243 e. The number of aromatic hydroxyl groups is 1. The Balaban J connectivity index is 1.68. The number of carbonyl (C=O) groups is 1. The van der Waals surface area contributed by atoms with E-state index in [-0.39, 0.29) is 23.0 Å². The maximum atomic E-state index is 13.1. The van der Waals surface area contributed by atoms with Gasteiger partial charge in [-0.1, -0.05) is 44.5 Å². The Morgan fingerprint density at radius 1 is 1.06 bits per heavy atom. The number of nitrogens with one attached hydrogen (secondary N) is 1. The SMILES string of the molecule is Cc1ccc(S(=O)(=O)N2CCC(C(=O)Nc3cc(C(C)(C)C)ccc3O)CC2)c(C)c1. The molecule has 1 aliphatic heterocycles. The zero-order chi connectivity index (χ0) is 23.0. The number of sulfonamides is 1. The lowest BCUT2D eigenvalue weighted by Crippen LogP contribution is -2.41. The molecule has 6 nitrogen and oxygen atoms in total. The summed E-state index contributed by atoms with van der Waals surface area (Å²) >= 11 is 0. The highest BCUT2D eigenvalue weighted by molar-refractivity contribution is 7.89. The van der Waals surface area contributed by atoms with E-state index in [2.05, 4.69) is 26.1 Å². The van der Waals surface area contributed by atoms with Crippen LogP contribution in [0.15, 0.2) is 41.3 Å². The quantitative estimate of drug-likeness (QED) is 0.687. The van der Waals surface area contributed by atoms with Crippen molar-refractivity contribution in [3.8, 4) is 5.75 Å². The van der Waals surface area contributed by atoms with E-state index in [0.717, 1.165) is 16.7 Å². The van der Waals surface area contributed by atoms with Crippen molar-refractivity contribution in [2.75, 3.05) is 18.4 Å². The zero-order valence-corrected chi connectivity index (χ0v) is 19.7. The second-order valence-corrected chi connectivity index (χ2v) is 11.3. The summed E-state index contributed by atoms with van der Waals surface area (Å²) in [5.41, 5.74) is 3.04. The number of nitrogens with zero attached hydrogens (tertiary/aromatic N) is 1. The van der Waals surface area contributed by atoms with Gasteiger partial charge in [-0.15, -0.1) is 0 Å². The van der Waals surface area contributed by atoms with Gasteiger partial charge < -0.3 is 10.4 Å². The van der Waals surface area contributed by atoms with Crippen LogP contribution in [0.5, 0.6) is 5.75 Å². The average molecular weight is 445 g/mol. The third kappa shape index (κ3) is 5.10. The number of rotatable bonds is 4. The molecular formula is C24H32N2O4S. The Morgan fingerprint density at radius 3 is 2.29 bits per heavy atom. The monoisotopic (exact) mass is 444 g/mol. The van der Waals surface area contributed by atoms with E-state index in [1.807, 2.05) is 19.1 Å². The minimum atomic E-state index is -3.58. The van der Waals surface area contributed by atoms with Gasteiger partial charge in [-0.2, -0.15) is 4.31 Å². The predicted molar refractivity (Wildman–Crippen MR) is 123 cm³/mol. The van der Waals surface area contributed by atoms with Crippen molar-refractivity contribution in [3.05, 3.63) is 53.1 Å². The second kappa shape index (κ2) is 8.63. The lowest BCUT2D eigenvalue weighted by molar-refractivity contribution is -0.120. The third-order valence-electron chi connectivity index (χ3n) is 5.89. The van der Waals surface area contributed by atoms with Crippen LogP contribution in [0.3, 0.4) is 0 Å². The Labute approximate surface area is 185 Å². The number of phenols is 1. The van der Waals surface area contributed by atoms with Crippen molar-refractivity contribution >= 4 is 21.6 Å². The molecule has 31 heavy (non-hydrogen) atoms. The Kier molecular flexibility index (Phi) is 6.48. The van der Waals surface area contributed by atoms with Crippen LogP contribution in [0, 0.1) is 19.8 Å². The highest BCUT2D eigenvalue weighted by Gasteiger charge is 2.33. The molecule has 2 aromatic rings. The maximum Gasteiger partial charge on any atom is 0.243 e. The van der Waals surface area contributed by atoms with Crippen LogP contribution >= 0.6 is 0 Å². The van der Waals surface area contributed by atoms with Gasteiger partial charge in [0.05, 0.1) is 10.6 Å². The predicted octanol–water partition coefficient (Wildman–Crippen LogP) is 4.35. The molecule has 1 aliphatic rings. The Hall–Kier alpha value is -2.38. The summed E-state index contributed by atoms with van der Waals surface area (Å²) in [6.45, 7) is 10.5. The normalized spacial score (nSPS) is 16.3. The fraction of sp³-hybridized carbons (Fsp3) is 0.458. The highest BCUT2D eigenvalue weighted by Crippen LogP contribution is 2.32. The van der Waals surface area contributed by atoms with Crippen molar-refractivity contribution in [2.24, 2.45) is 5.92 Å². The average Bonchev–Trinajstić information content (AvgIpc) is 2.68. The van der Waals surface area contributed by atoms with Crippen LogP contribution in [0.1, 0.15) is 50.3 Å². The van der Waals surface area contributed by atoms with Crippen LogP contribution < -0.4 is 5.32 Å². The molecule has 0 aromatic heterocycles. The molecule has 1 saturated heterocycles. The fourth-order valence-electron chi connectivity index (χ4n) is 3.92. The maximum absolute atomic E-state index is 13.1. The van der Waals surface area contributed by atoms with Gasteiger partial charge in [0.2, 0.25) is 15.9 Å². The molecule has 7 heteroatoms. The molecule has 3 rings (SSSR count). The van der Waals surface area contributed by atoms with E-state index in [4.69, 9.17) is 0 Å². The molecule has 0 spiro atoms. The lowest BCUT2D eigenvalue weighted by Gasteiger charge is -2.31. The summed E-state index contributed by atoms with van der Waals surface area (Å²) in [5.74, 6) is -0.468. The van der Waals surface area contributed by atoms with Gasteiger partial charge in [0, 0.05) is 19.0 Å². The summed E-state index contributed by atoms with van der Waals surface area (Å²) in [5, 5.41) is 13.0. The van der Waals surface area contributed by atoms with Crippen LogP contribution in [0.2, 0.25) is 0 Å². The number of anilines is 1. The lowest BCUT2D eigenvalue weighted by atomic mass is 9.86. The van der Waals surface area contributed by atoms with E-state index in [0.29, 0.717) is 36.5 Å². The summed E-state index contributed by atoms with van der Waals surface area (Å²) in [6.07, 6.45) is 0.880. The van der Waals surface area contributed by atoms with Gasteiger partial charge in [0.25, 0.3) is 0 Å². The van der Waals surface area contributed by atoms with Crippen LogP contribution in [0.25, 0.3) is 0 Å². The number of benzene rings is 2. The molecular weight excluding hydrogens is 412 g/mol. The van der Waals surface area contributed by atoms with Gasteiger partial charge in [-0.25, -0.2) is 8.42 Å². The second-order valence-electron chi connectivity index (χ2n) is 9.42. The molecule has 1 heterocycles. The van der Waals surface area contributed by atoms with Gasteiger partial charge in [-0.05, 0) is 61.4 Å². The van der Waals surface area contributed by atoms with Crippen LogP contribution in [-0.4, -0.2) is 36.8 Å². The summed E-state index contributed by atoms with van der Waals surface area (Å²) in [4.78, 5) is 13.1. The minimum absolute atomic E-state index is 0.0243. The molecule has 1 fully saturated rings. The molecule has 0 radical (unpaired) electrons. The number of aryl methyl sites for hydroxylation is 2. The van der Waals surface area contributed by atoms with E-state index >= 15 is 0 Å². The Morgan fingerprint density at radius 2 is 1.71 bits per heavy atom. The van der Waals surface area contributed by atoms with Gasteiger partial charge in [0.1, 0.15) is 5.75 Å². The molecule has 2 N–H and O–H groups in total. The van der Waals surface area contributed by atoms with Gasteiger partial charge >= 0.3 is 0 Å². The van der Waals surface area contributed by atoms with Crippen LogP contribution in [-0.2, 0) is 20.2 Å². The molecule has 0 atom stereocenters. The van der Waals surface area contributed by atoms with E-state index in [1.54, 1.807) is 31.2 Å². The first-order chi connectivity index (χ1) is 14.4. The minimum Gasteiger partial charge on any atom is -0.506 e. The van der Waals surface area contributed by atoms with E-state index in [1.165, 1.54) is 4.31 Å². The molecule has 2 aromatic carbocycles. The van der Waals surface area contributed by atoms with Crippen molar-refractivity contribution in [1.82, 2.24) is 4.31 Å². The highest BCUT2D eigenvalue weighted by atomic mass is 32.2. The molecule has 0 bridgehead atoms. The molecule has 0 saturated carbocycles. The number of phenolic OH excluding ortho intramolecular Hbond substituents is 1. The topological polar surface area (TPSA) is 86.7 Å². The fourth-order valence-corrected chi connectivity index (χ4v) is 5.60. The first-order valence-corrected chi connectivity index (χ1v) is 12.1. The first-order valence-electron chi connectivity index (χ1n) is 10.6. The number of hydrogen-bond donors (Lipinski definition) is 2. The van der Waals surface area contributed by atoms with Gasteiger partial charge in [0.15, 0.2) is 0 Å². The Bertz CT molecular complexity index is 1080. The van der Waals surface area contributed by atoms with Crippen molar-refractivity contribution in [3.63, 3.8) is 0 Å². The summed E-state index contributed by atoms with van der Waals surface area (Å²) < 4.78 is 27.6. The number of piperidine rings is 1. The summed E-state index contributed by atoms with van der Waals surface area (Å²) in [6, 6.07) is 10.6. The number of amides is 1. The molecule has 0 unspecified atom stereocenters. The van der Waals surface area contributed by atoms with E-state index in [9.17, 15) is 18.3 Å². The first kappa shape index (κ1) is 23.3. The van der Waals surface area contributed by atoms with Gasteiger partial charge in [-0.3, -0.25) is 4.79 Å². The van der Waals surface area contributed by atoms with Crippen molar-refractivity contribution < 1.29 is 18.3 Å². The third-order valence-corrected chi connectivity index (χ3v) is 7.95. The van der Waals surface area contributed by atoms with Crippen molar-refractivity contribution in [2.45, 2.75) is 57.8 Å². The summed E-state index contributed by atoms with van der Waals surface area (Å²) in [7, 11) is -3.58. The van der Waals surface area contributed by atoms with E-state index < -0.39 is 10.0 Å². The van der Waals surface area contributed by atoms with Crippen LogP contribution in [0.4, 0.5) is 5.69 Å². The zero-order valence-electron chi connectivity index (χ0n) is 18.9. The van der Waals surface area contributed by atoms with Crippen molar-refractivity contribution in [1.29, 1.82) is 0 Å². The number of carbonyl (C=O) groups excluding carboxylic acids is 1. The molecule has 1 amide bonds. The molecule has 168 valence electrons.